The van der Waals surface area contributed by atoms with Crippen LogP contribution in [0, 0.1) is 0 Å². The number of furan rings is 1. The molecular weight excluding hydrogens is 969 g/mol. The van der Waals surface area contributed by atoms with Crippen LogP contribution >= 0.6 is 11.3 Å². The topological polar surface area (TPSA) is 56.7 Å². The van der Waals surface area contributed by atoms with E-state index in [-0.39, 0.29) is 5.92 Å². The van der Waals surface area contributed by atoms with Gasteiger partial charge in [0.1, 0.15) is 11.2 Å². The molecule has 0 saturated heterocycles. The molecule has 0 bridgehead atoms. The Hall–Kier alpha value is -9.75. The molecule has 16 aromatic rings. The zero-order valence-electron chi connectivity index (χ0n) is 42.1. The predicted octanol–water partition coefficient (Wildman–Crippen LogP) is 19.4. The summed E-state index contributed by atoms with van der Waals surface area (Å²) in [7, 11) is 0. The van der Waals surface area contributed by atoms with Crippen LogP contribution in [0.4, 0.5) is 0 Å². The maximum absolute atomic E-state index is 7.42. The zero-order chi connectivity index (χ0) is 51.0. The molecule has 17 rings (SSSR count). The Morgan fingerprint density at radius 2 is 0.987 bits per heavy atom. The molecule has 1 atom stereocenters. The summed E-state index contributed by atoms with van der Waals surface area (Å²) in [6, 6.07) is 86.0. The summed E-state index contributed by atoms with van der Waals surface area (Å²) in [5.74, 6) is 1.82. The number of nitrogens with zero attached hydrogens (tertiary/aromatic N) is 4. The summed E-state index contributed by atoms with van der Waals surface area (Å²) >= 11 is 1.80. The number of aryl methyl sites for hydroxylation is 1. The summed E-state index contributed by atoms with van der Waals surface area (Å²) in [5.41, 5.74) is 14.3. The first-order valence-corrected chi connectivity index (χ1v) is 27.7. The molecule has 1 aliphatic rings. The quantitative estimate of drug-likeness (QED) is 0.172. The minimum Gasteiger partial charge on any atom is -0.456 e. The first-order chi connectivity index (χ1) is 38.7. The summed E-state index contributed by atoms with van der Waals surface area (Å²) < 4.78 is 12.2. The third kappa shape index (κ3) is 6.50. The van der Waals surface area contributed by atoms with E-state index in [0.29, 0.717) is 17.5 Å². The number of para-hydroxylation sites is 2. The van der Waals surface area contributed by atoms with E-state index in [0.717, 1.165) is 101 Å². The van der Waals surface area contributed by atoms with E-state index in [2.05, 4.69) is 241 Å². The average Bonchev–Trinajstić information content (AvgIpc) is 4.35. The number of thiophene rings is 1. The Morgan fingerprint density at radius 1 is 0.397 bits per heavy atom. The fourth-order valence-corrected chi connectivity index (χ4v) is 14.3. The Bertz CT molecular complexity index is 5180. The fourth-order valence-electron chi connectivity index (χ4n) is 13.2. The Kier molecular flexibility index (Phi) is 9.41. The van der Waals surface area contributed by atoms with Crippen molar-refractivity contribution in [2.45, 2.75) is 18.8 Å². The highest BCUT2D eigenvalue weighted by molar-refractivity contribution is 7.25. The lowest BCUT2D eigenvalue weighted by Gasteiger charge is -2.22. The molecule has 12 aromatic carbocycles. The lowest BCUT2D eigenvalue weighted by molar-refractivity contribution is 0.648. The molecule has 364 valence electrons. The van der Waals surface area contributed by atoms with Crippen LogP contribution in [0.25, 0.3) is 147 Å². The van der Waals surface area contributed by atoms with Crippen LogP contribution in [-0.2, 0) is 6.42 Å². The van der Waals surface area contributed by atoms with E-state index in [1.165, 1.54) is 58.6 Å². The third-order valence-corrected chi connectivity index (χ3v) is 17.8. The molecular formula is C72H44N4OS. The number of rotatable bonds is 5. The second-order valence-electron chi connectivity index (χ2n) is 20.9. The first kappa shape index (κ1) is 43.5. The Balaban J connectivity index is 0.962. The molecule has 0 fully saturated rings. The highest BCUT2D eigenvalue weighted by Gasteiger charge is 2.31. The van der Waals surface area contributed by atoms with Crippen molar-refractivity contribution in [2.24, 2.45) is 0 Å². The van der Waals surface area contributed by atoms with Gasteiger partial charge in [0.15, 0.2) is 17.5 Å². The number of hydrogen-bond acceptors (Lipinski definition) is 5. The number of hydrogen-bond donors (Lipinski definition) is 0. The van der Waals surface area contributed by atoms with Crippen molar-refractivity contribution in [2.75, 3.05) is 0 Å². The van der Waals surface area contributed by atoms with E-state index < -0.39 is 0 Å². The van der Waals surface area contributed by atoms with Crippen molar-refractivity contribution < 1.29 is 4.42 Å². The molecule has 0 aliphatic heterocycles. The fraction of sp³-hybridized carbons (Fsp3) is 0.0417. The molecule has 6 heteroatoms. The van der Waals surface area contributed by atoms with Gasteiger partial charge < -0.3 is 8.98 Å². The molecule has 5 nitrogen and oxygen atoms in total. The number of benzene rings is 12. The van der Waals surface area contributed by atoms with Crippen LogP contribution < -0.4 is 0 Å². The highest BCUT2D eigenvalue weighted by Crippen LogP contribution is 2.50. The lowest BCUT2D eigenvalue weighted by atomic mass is 9.81. The minimum absolute atomic E-state index is 0.00151. The van der Waals surface area contributed by atoms with Crippen LogP contribution in [0.5, 0.6) is 0 Å². The first-order valence-electron chi connectivity index (χ1n) is 26.8. The maximum atomic E-state index is 7.42. The van der Waals surface area contributed by atoms with E-state index >= 15 is 0 Å². The second-order valence-corrected chi connectivity index (χ2v) is 22.0. The monoisotopic (exact) mass is 1010 g/mol. The van der Waals surface area contributed by atoms with E-state index in [1.807, 2.05) is 0 Å². The van der Waals surface area contributed by atoms with Gasteiger partial charge in [-0.05, 0) is 128 Å². The van der Waals surface area contributed by atoms with E-state index in [4.69, 9.17) is 19.4 Å². The molecule has 0 amide bonds. The molecule has 0 saturated carbocycles. The molecule has 78 heavy (non-hydrogen) atoms. The highest BCUT2D eigenvalue weighted by atomic mass is 32.1. The van der Waals surface area contributed by atoms with Crippen molar-refractivity contribution in [3.63, 3.8) is 0 Å². The molecule has 4 heterocycles. The molecule has 0 N–H and O–H groups in total. The van der Waals surface area contributed by atoms with Crippen LogP contribution in [0.2, 0.25) is 0 Å². The third-order valence-electron chi connectivity index (χ3n) is 16.6. The molecule has 0 radical (unpaired) electrons. The van der Waals surface area contributed by atoms with Gasteiger partial charge in [-0.1, -0.05) is 176 Å². The van der Waals surface area contributed by atoms with Crippen LogP contribution in [0.3, 0.4) is 0 Å². The predicted molar refractivity (Wildman–Crippen MR) is 325 cm³/mol. The SMILES string of the molecule is c1ccc(-n2c3ccccc3c3c(-c4nc(-c5cccc6sc7ccccc7c56)nc(-c5ccc(C6CCc7cc8ccccc8cc7-c7ccc8ccccc8c76)c6oc7cc8ccccc8cc7c56)n4)cccc32)cc1. The van der Waals surface area contributed by atoms with Gasteiger partial charge in [0, 0.05) is 75.6 Å². The second kappa shape index (κ2) is 16.9. The van der Waals surface area contributed by atoms with Gasteiger partial charge in [-0.3, -0.25) is 0 Å². The molecule has 1 unspecified atom stereocenters. The molecule has 1 aliphatic carbocycles. The van der Waals surface area contributed by atoms with Gasteiger partial charge >= 0.3 is 0 Å². The maximum Gasteiger partial charge on any atom is 0.164 e. The van der Waals surface area contributed by atoms with Crippen LogP contribution in [0.1, 0.15) is 29.0 Å². The molecule has 4 aromatic heterocycles. The minimum atomic E-state index is 0.00151. The summed E-state index contributed by atoms with van der Waals surface area (Å²) in [6.45, 7) is 0. The van der Waals surface area contributed by atoms with Gasteiger partial charge in [-0.15, -0.1) is 11.3 Å². The van der Waals surface area contributed by atoms with Crippen molar-refractivity contribution in [3.8, 4) is 51.0 Å². The van der Waals surface area contributed by atoms with Crippen molar-refractivity contribution in [1.82, 2.24) is 19.5 Å². The smallest absolute Gasteiger partial charge is 0.164 e. The zero-order valence-corrected chi connectivity index (χ0v) is 42.9. The number of fused-ring (bicyclic) bond motifs is 16. The van der Waals surface area contributed by atoms with Crippen molar-refractivity contribution in [3.05, 3.63) is 253 Å². The van der Waals surface area contributed by atoms with E-state index in [9.17, 15) is 0 Å². The summed E-state index contributed by atoms with van der Waals surface area (Å²) in [5, 5.41) is 13.9. The van der Waals surface area contributed by atoms with Crippen LogP contribution in [-0.4, -0.2) is 19.5 Å². The largest absolute Gasteiger partial charge is 0.456 e. The lowest BCUT2D eigenvalue weighted by Crippen LogP contribution is -2.05. The Labute approximate surface area is 452 Å². The standard InChI is InChI=1S/C72H44N4OS/c1-2-21-48(22-3-1)76-60-28-12-10-24-53(60)66-55(26-14-29-61(66)76)70-73-71(56-27-15-31-64-67(56)54-25-11-13-30-63(54)78-64)75-72(74-70)57-37-36-52(69-68(57)59-40-45-19-6-7-20-46(45)41-62(59)77-69)50-35-33-47-38-43-17-4-5-18-44(43)39-58(47)51-34-32-42-16-8-9-23-49(42)65(50)51/h1-32,34,36-41,50H,33,35H2. The molecule has 0 spiro atoms. The summed E-state index contributed by atoms with van der Waals surface area (Å²) in [4.78, 5) is 16.9. The van der Waals surface area contributed by atoms with Gasteiger partial charge in [-0.25, -0.2) is 15.0 Å². The number of aromatic nitrogens is 4. The van der Waals surface area contributed by atoms with Gasteiger partial charge in [0.2, 0.25) is 0 Å². The summed E-state index contributed by atoms with van der Waals surface area (Å²) in [6.07, 6.45) is 1.81. The van der Waals surface area contributed by atoms with Gasteiger partial charge in [-0.2, -0.15) is 0 Å². The van der Waals surface area contributed by atoms with Gasteiger partial charge in [0.25, 0.3) is 0 Å². The van der Waals surface area contributed by atoms with E-state index in [1.54, 1.807) is 11.3 Å². The van der Waals surface area contributed by atoms with Crippen molar-refractivity contribution >= 4 is 108 Å². The van der Waals surface area contributed by atoms with Crippen LogP contribution in [0.15, 0.2) is 241 Å². The average molecular weight is 1010 g/mol. The Morgan fingerprint density at radius 3 is 1.78 bits per heavy atom. The normalized spacial score (nSPS) is 13.7. The van der Waals surface area contributed by atoms with Gasteiger partial charge in [0.05, 0.1) is 11.0 Å². The van der Waals surface area contributed by atoms with Crippen molar-refractivity contribution in [1.29, 1.82) is 0 Å².